The Balaban J connectivity index is 2.14. The lowest BCUT2D eigenvalue weighted by Crippen LogP contribution is -2.32. The molecule has 0 heterocycles. The van der Waals surface area contributed by atoms with E-state index in [1.807, 2.05) is 6.92 Å². The Morgan fingerprint density at radius 2 is 1.74 bits per heavy atom. The Bertz CT molecular complexity index is 898. The van der Waals surface area contributed by atoms with Gasteiger partial charge in [-0.25, -0.2) is 12.8 Å². The number of hydrogen-bond donors (Lipinski definition) is 2. The molecule has 0 aliphatic carbocycles. The monoisotopic (exact) mass is 392 g/mol. The van der Waals surface area contributed by atoms with Gasteiger partial charge in [0.25, 0.3) is 15.9 Å². The number of carbonyl (C=O) groups is 1. The number of rotatable bonds is 8. The van der Waals surface area contributed by atoms with Crippen LogP contribution >= 0.6 is 0 Å². The predicted molar refractivity (Wildman–Crippen MR) is 105 cm³/mol. The summed E-state index contributed by atoms with van der Waals surface area (Å²) in [4.78, 5) is 12.3. The Morgan fingerprint density at radius 1 is 1.04 bits per heavy atom. The van der Waals surface area contributed by atoms with Gasteiger partial charge in [-0.05, 0) is 56.0 Å². The average Bonchev–Trinajstić information content (AvgIpc) is 2.62. The number of para-hydroxylation sites is 1. The molecule has 0 saturated carbocycles. The summed E-state index contributed by atoms with van der Waals surface area (Å²) in [6, 6.07) is 11.2. The maximum Gasteiger partial charge on any atom is 0.262 e. The summed E-state index contributed by atoms with van der Waals surface area (Å²) in [5, 5.41) is 2.87. The lowest BCUT2D eigenvalue weighted by Gasteiger charge is -2.15. The maximum absolute atomic E-state index is 13.7. The van der Waals surface area contributed by atoms with Crippen LogP contribution in [-0.4, -0.2) is 20.4 Å². The van der Waals surface area contributed by atoms with Crippen LogP contribution in [0.2, 0.25) is 0 Å². The van der Waals surface area contributed by atoms with Crippen molar-refractivity contribution in [3.05, 3.63) is 59.9 Å². The molecule has 2 aromatic carbocycles. The zero-order chi connectivity index (χ0) is 20.0. The summed E-state index contributed by atoms with van der Waals surface area (Å²) in [6.07, 6.45) is 1.83. The van der Waals surface area contributed by atoms with Crippen LogP contribution in [0.4, 0.5) is 10.1 Å². The minimum Gasteiger partial charge on any atom is -0.350 e. The van der Waals surface area contributed by atoms with Crippen molar-refractivity contribution in [3.63, 3.8) is 0 Å². The van der Waals surface area contributed by atoms with Crippen molar-refractivity contribution < 1.29 is 17.6 Å². The summed E-state index contributed by atoms with van der Waals surface area (Å²) in [5.74, 6) is -0.467. The van der Waals surface area contributed by atoms with Crippen LogP contribution in [-0.2, 0) is 10.0 Å². The van der Waals surface area contributed by atoms with Crippen molar-refractivity contribution in [3.8, 4) is 0 Å². The molecule has 7 heteroatoms. The van der Waals surface area contributed by atoms with Gasteiger partial charge in [0.1, 0.15) is 5.82 Å². The largest absolute Gasteiger partial charge is 0.350 e. The van der Waals surface area contributed by atoms with Crippen molar-refractivity contribution in [2.24, 2.45) is 5.92 Å². The number of hydrogen-bond acceptors (Lipinski definition) is 3. The molecular formula is C20H25FN2O3S. The van der Waals surface area contributed by atoms with E-state index >= 15 is 0 Å². The molecule has 2 aromatic rings. The minimum atomic E-state index is -4.01. The average molecular weight is 392 g/mol. The molecule has 0 bridgehead atoms. The molecule has 2 rings (SSSR count). The number of anilines is 1. The van der Waals surface area contributed by atoms with Crippen LogP contribution in [0.1, 0.15) is 44.0 Å². The highest BCUT2D eigenvalue weighted by atomic mass is 32.2. The van der Waals surface area contributed by atoms with Gasteiger partial charge in [0.15, 0.2) is 0 Å². The fourth-order valence-corrected chi connectivity index (χ4v) is 3.63. The second kappa shape index (κ2) is 8.99. The first-order valence-corrected chi connectivity index (χ1v) is 10.4. The highest BCUT2D eigenvalue weighted by Crippen LogP contribution is 2.19. The summed E-state index contributed by atoms with van der Waals surface area (Å²) in [7, 11) is -4.01. The molecule has 0 saturated heterocycles. The molecule has 0 fully saturated rings. The van der Waals surface area contributed by atoms with E-state index in [1.165, 1.54) is 42.5 Å². The van der Waals surface area contributed by atoms with E-state index in [1.54, 1.807) is 6.07 Å². The molecule has 1 amide bonds. The number of amides is 1. The van der Waals surface area contributed by atoms with E-state index in [2.05, 4.69) is 23.9 Å². The van der Waals surface area contributed by atoms with E-state index in [4.69, 9.17) is 0 Å². The summed E-state index contributed by atoms with van der Waals surface area (Å²) in [6.45, 7) is 6.15. The molecule has 5 nitrogen and oxygen atoms in total. The molecule has 0 radical (unpaired) electrons. The molecule has 146 valence electrons. The fourth-order valence-electron chi connectivity index (χ4n) is 2.51. The van der Waals surface area contributed by atoms with E-state index in [9.17, 15) is 17.6 Å². The SMILES string of the molecule is CC(C)CCC(C)NC(=O)c1cccc(S(=O)(=O)Nc2ccccc2F)c1. The topological polar surface area (TPSA) is 75.3 Å². The molecule has 1 atom stereocenters. The highest BCUT2D eigenvalue weighted by molar-refractivity contribution is 7.92. The molecule has 2 N–H and O–H groups in total. The van der Waals surface area contributed by atoms with Gasteiger partial charge in [-0.15, -0.1) is 0 Å². The minimum absolute atomic E-state index is 0.0169. The van der Waals surface area contributed by atoms with Gasteiger partial charge in [-0.3, -0.25) is 9.52 Å². The number of halogens is 1. The first kappa shape index (κ1) is 20.9. The van der Waals surface area contributed by atoms with Gasteiger partial charge in [0.2, 0.25) is 0 Å². The molecule has 0 aliphatic rings. The second-order valence-corrected chi connectivity index (χ2v) is 8.64. The van der Waals surface area contributed by atoms with Crippen LogP contribution in [0.3, 0.4) is 0 Å². The lowest BCUT2D eigenvalue weighted by molar-refractivity contribution is 0.0937. The second-order valence-electron chi connectivity index (χ2n) is 6.96. The molecule has 0 spiro atoms. The van der Waals surface area contributed by atoms with E-state index in [0.717, 1.165) is 12.8 Å². The maximum atomic E-state index is 13.7. The summed E-state index contributed by atoms with van der Waals surface area (Å²) >= 11 is 0. The smallest absolute Gasteiger partial charge is 0.262 e. The Labute approximate surface area is 160 Å². The van der Waals surface area contributed by atoms with Crippen LogP contribution in [0, 0.1) is 11.7 Å². The van der Waals surface area contributed by atoms with Gasteiger partial charge in [-0.2, -0.15) is 0 Å². The van der Waals surface area contributed by atoms with Gasteiger partial charge in [-0.1, -0.05) is 32.0 Å². The number of nitrogens with one attached hydrogen (secondary N) is 2. The van der Waals surface area contributed by atoms with E-state index in [-0.39, 0.29) is 28.1 Å². The van der Waals surface area contributed by atoms with Crippen molar-refractivity contribution in [1.29, 1.82) is 0 Å². The molecule has 0 aliphatic heterocycles. The Morgan fingerprint density at radius 3 is 2.41 bits per heavy atom. The third-order valence-electron chi connectivity index (χ3n) is 4.08. The van der Waals surface area contributed by atoms with Crippen molar-refractivity contribution >= 4 is 21.6 Å². The lowest BCUT2D eigenvalue weighted by atomic mass is 10.0. The quantitative estimate of drug-likeness (QED) is 0.708. The number of sulfonamides is 1. The fraction of sp³-hybridized carbons (Fsp3) is 0.350. The van der Waals surface area contributed by atoms with Crippen molar-refractivity contribution in [2.75, 3.05) is 4.72 Å². The van der Waals surface area contributed by atoms with Crippen LogP contribution in [0.25, 0.3) is 0 Å². The zero-order valence-electron chi connectivity index (χ0n) is 15.7. The van der Waals surface area contributed by atoms with Crippen molar-refractivity contribution in [1.82, 2.24) is 5.32 Å². The van der Waals surface area contributed by atoms with Gasteiger partial charge in [0.05, 0.1) is 10.6 Å². The van der Waals surface area contributed by atoms with Crippen LogP contribution < -0.4 is 10.0 Å². The van der Waals surface area contributed by atoms with Gasteiger partial charge >= 0.3 is 0 Å². The first-order valence-electron chi connectivity index (χ1n) is 8.87. The van der Waals surface area contributed by atoms with Gasteiger partial charge in [0, 0.05) is 11.6 Å². The Kier molecular flexibility index (Phi) is 6.96. The summed E-state index contributed by atoms with van der Waals surface area (Å²) in [5.41, 5.74) is 0.0949. The number of benzene rings is 2. The number of carbonyl (C=O) groups excluding carboxylic acids is 1. The molecular weight excluding hydrogens is 367 g/mol. The third-order valence-corrected chi connectivity index (χ3v) is 5.44. The van der Waals surface area contributed by atoms with Gasteiger partial charge < -0.3 is 5.32 Å². The van der Waals surface area contributed by atoms with Crippen LogP contribution in [0.15, 0.2) is 53.4 Å². The van der Waals surface area contributed by atoms with Crippen LogP contribution in [0.5, 0.6) is 0 Å². The highest BCUT2D eigenvalue weighted by Gasteiger charge is 2.18. The van der Waals surface area contributed by atoms with Crippen molar-refractivity contribution in [2.45, 2.75) is 44.6 Å². The van der Waals surface area contributed by atoms with E-state index in [0.29, 0.717) is 5.92 Å². The molecule has 0 aromatic heterocycles. The molecule has 27 heavy (non-hydrogen) atoms. The molecule has 1 unspecified atom stereocenters. The third kappa shape index (κ3) is 6.06. The first-order chi connectivity index (χ1) is 12.7. The van der Waals surface area contributed by atoms with E-state index < -0.39 is 15.8 Å². The Hall–Kier alpha value is -2.41. The standard InChI is InChI=1S/C20H25FN2O3S/c1-14(2)11-12-15(3)22-20(24)16-7-6-8-17(13-16)27(25,26)23-19-10-5-4-9-18(19)21/h4-10,13-15,23H,11-12H2,1-3H3,(H,22,24). The normalized spacial score (nSPS) is 12.6. The summed E-state index contributed by atoms with van der Waals surface area (Å²) < 4.78 is 41.0. The zero-order valence-corrected chi connectivity index (χ0v) is 16.5. The predicted octanol–water partition coefficient (Wildman–Crippen LogP) is 4.18.